The number of imide groups is 1. The normalized spacial score (nSPS) is 17.7. The molecule has 8 nitrogen and oxygen atoms in total. The number of ether oxygens (including phenoxy) is 1. The van der Waals surface area contributed by atoms with Crippen molar-refractivity contribution in [1.29, 1.82) is 0 Å². The summed E-state index contributed by atoms with van der Waals surface area (Å²) in [7, 11) is -3.86. The van der Waals surface area contributed by atoms with Gasteiger partial charge in [-0.25, -0.2) is 8.42 Å². The van der Waals surface area contributed by atoms with Crippen LogP contribution in [0.25, 0.3) is 0 Å². The van der Waals surface area contributed by atoms with Crippen molar-refractivity contribution in [1.82, 2.24) is 9.88 Å². The van der Waals surface area contributed by atoms with Gasteiger partial charge in [-0.05, 0) is 55.3 Å². The fourth-order valence-electron chi connectivity index (χ4n) is 3.97. The number of pyridine rings is 1. The molecule has 3 aromatic rings. The highest BCUT2D eigenvalue weighted by Crippen LogP contribution is 2.39. The zero-order chi connectivity index (χ0) is 23.3. The van der Waals surface area contributed by atoms with E-state index in [0.29, 0.717) is 22.7 Å². The minimum absolute atomic E-state index is 0.00932. The maximum Gasteiger partial charge on any atom is 0.280 e. The van der Waals surface area contributed by atoms with Gasteiger partial charge in [-0.2, -0.15) is 0 Å². The van der Waals surface area contributed by atoms with Crippen LogP contribution in [0.5, 0.6) is 5.75 Å². The van der Waals surface area contributed by atoms with Gasteiger partial charge in [-0.15, -0.1) is 11.3 Å². The van der Waals surface area contributed by atoms with Crippen molar-refractivity contribution in [2.45, 2.75) is 37.1 Å². The van der Waals surface area contributed by atoms with Gasteiger partial charge in [-0.1, -0.05) is 13.0 Å². The van der Waals surface area contributed by atoms with E-state index in [1.165, 1.54) is 16.6 Å². The Morgan fingerprint density at radius 3 is 2.73 bits per heavy atom. The number of carbonyl (C=O) groups excluding carboxylic acids is 2. The molecule has 0 N–H and O–H groups in total. The monoisotopic (exact) mass is 483 g/mol. The number of hydrogen-bond donors (Lipinski definition) is 0. The number of fused-ring (bicyclic) bond motifs is 2. The molecule has 0 aliphatic carbocycles. The fourth-order valence-corrected chi connectivity index (χ4v) is 6.92. The van der Waals surface area contributed by atoms with Crippen LogP contribution in [-0.2, 0) is 16.6 Å². The molecule has 2 aromatic heterocycles. The van der Waals surface area contributed by atoms with Crippen molar-refractivity contribution < 1.29 is 22.7 Å². The Hall–Kier alpha value is -3.24. The Bertz CT molecular complexity index is 1350. The van der Waals surface area contributed by atoms with E-state index in [0.717, 1.165) is 21.8 Å². The summed E-state index contributed by atoms with van der Waals surface area (Å²) in [6, 6.07) is 11.8. The Morgan fingerprint density at radius 1 is 1.15 bits per heavy atom. The minimum atomic E-state index is -3.86. The van der Waals surface area contributed by atoms with Crippen molar-refractivity contribution in [3.63, 3.8) is 0 Å². The second-order valence-electron chi connectivity index (χ2n) is 7.97. The third-order valence-corrected chi connectivity index (χ3v) is 9.04. The van der Waals surface area contributed by atoms with Gasteiger partial charge in [0.05, 0.1) is 24.3 Å². The Kier molecular flexibility index (Phi) is 5.21. The molecule has 5 rings (SSSR count). The highest BCUT2D eigenvalue weighted by molar-refractivity contribution is 7.94. The van der Waals surface area contributed by atoms with E-state index >= 15 is 0 Å². The van der Waals surface area contributed by atoms with Gasteiger partial charge >= 0.3 is 0 Å². The fraction of sp³-hybridized carbons (Fsp3) is 0.261. The average Bonchev–Trinajstić information content (AvgIpc) is 3.38. The molecule has 0 radical (unpaired) electrons. The molecular weight excluding hydrogens is 462 g/mol. The zero-order valence-electron chi connectivity index (χ0n) is 18.0. The number of thiophene rings is 1. The van der Waals surface area contributed by atoms with Crippen LogP contribution in [0.15, 0.2) is 52.9 Å². The molecule has 4 heterocycles. The summed E-state index contributed by atoms with van der Waals surface area (Å²) in [6.07, 6.45) is 1.89. The van der Waals surface area contributed by atoms with Crippen LogP contribution in [-0.4, -0.2) is 42.8 Å². The van der Waals surface area contributed by atoms with Crippen molar-refractivity contribution >= 4 is 38.9 Å². The lowest BCUT2D eigenvalue weighted by atomic mass is 10.1. The molecule has 0 saturated heterocycles. The molecule has 0 bridgehead atoms. The summed E-state index contributed by atoms with van der Waals surface area (Å²) in [4.78, 5) is 30.9. The Morgan fingerprint density at radius 2 is 1.97 bits per heavy atom. The molecule has 0 spiro atoms. The lowest BCUT2D eigenvalue weighted by Crippen LogP contribution is -2.43. The topological polar surface area (TPSA) is 96.9 Å². The van der Waals surface area contributed by atoms with Gasteiger partial charge in [0.1, 0.15) is 21.8 Å². The number of benzene rings is 1. The van der Waals surface area contributed by atoms with Crippen LogP contribution >= 0.6 is 11.3 Å². The van der Waals surface area contributed by atoms with Gasteiger partial charge < -0.3 is 4.74 Å². The van der Waals surface area contributed by atoms with E-state index in [-0.39, 0.29) is 34.7 Å². The number of carbonyl (C=O) groups is 2. The first-order valence-corrected chi connectivity index (χ1v) is 12.7. The smallest absolute Gasteiger partial charge is 0.280 e. The summed E-state index contributed by atoms with van der Waals surface area (Å²) >= 11 is 1.05. The number of amides is 2. The van der Waals surface area contributed by atoms with Crippen LogP contribution in [0, 0.1) is 6.92 Å². The third kappa shape index (κ3) is 3.59. The summed E-state index contributed by atoms with van der Waals surface area (Å²) < 4.78 is 34.7. The largest absolute Gasteiger partial charge is 0.486 e. The van der Waals surface area contributed by atoms with Gasteiger partial charge in [0.2, 0.25) is 0 Å². The molecule has 1 unspecified atom stereocenters. The van der Waals surface area contributed by atoms with Crippen molar-refractivity contribution in [2.24, 2.45) is 0 Å². The van der Waals surface area contributed by atoms with Crippen molar-refractivity contribution in [3.8, 4) is 5.75 Å². The standard InChI is InChI=1S/C23H21N3O5S2/c1-3-15-12-26(18-11-14(2)6-8-19(18)31-15)33(29,30)20-9-7-16(32-20)13-25-22(27)17-5-4-10-24-21(17)23(25)28/h4-11,15H,3,12-13H2,1-2H3. The number of sulfonamides is 1. The first-order valence-electron chi connectivity index (χ1n) is 10.5. The summed E-state index contributed by atoms with van der Waals surface area (Å²) in [5.41, 5.74) is 1.83. The second-order valence-corrected chi connectivity index (χ2v) is 11.2. The van der Waals surface area contributed by atoms with Crippen LogP contribution in [0.4, 0.5) is 5.69 Å². The van der Waals surface area contributed by atoms with Gasteiger partial charge in [0, 0.05) is 11.1 Å². The van der Waals surface area contributed by atoms with Gasteiger partial charge in [0.15, 0.2) is 0 Å². The Balaban J connectivity index is 1.44. The second kappa shape index (κ2) is 7.96. The number of aryl methyl sites for hydroxylation is 1. The summed E-state index contributed by atoms with van der Waals surface area (Å²) in [5.74, 6) is -0.362. The highest BCUT2D eigenvalue weighted by atomic mass is 32.2. The number of rotatable bonds is 5. The van der Waals surface area contributed by atoms with E-state index in [1.54, 1.807) is 30.3 Å². The van der Waals surface area contributed by atoms with Crippen LogP contribution in [0.3, 0.4) is 0 Å². The molecule has 33 heavy (non-hydrogen) atoms. The predicted octanol–water partition coefficient (Wildman–Crippen LogP) is 3.61. The maximum atomic E-state index is 13.6. The lowest BCUT2D eigenvalue weighted by Gasteiger charge is -2.35. The SMILES string of the molecule is CCC1CN(S(=O)(=O)c2ccc(CN3C(=O)c4cccnc4C3=O)s2)c2cc(C)ccc2O1. The zero-order valence-corrected chi connectivity index (χ0v) is 19.6. The van der Waals surface area contributed by atoms with E-state index < -0.39 is 21.8 Å². The highest BCUT2D eigenvalue weighted by Gasteiger charge is 2.38. The molecule has 0 saturated carbocycles. The molecule has 0 fully saturated rings. The van der Waals surface area contributed by atoms with Crippen molar-refractivity contribution in [2.75, 3.05) is 10.8 Å². The summed E-state index contributed by atoms with van der Waals surface area (Å²) in [6.45, 7) is 4.06. The lowest BCUT2D eigenvalue weighted by molar-refractivity contribution is 0.0642. The molecule has 1 aromatic carbocycles. The van der Waals surface area contributed by atoms with Crippen LogP contribution in [0.2, 0.25) is 0 Å². The third-order valence-electron chi connectivity index (χ3n) is 5.73. The average molecular weight is 484 g/mol. The summed E-state index contributed by atoms with van der Waals surface area (Å²) in [5, 5.41) is 0. The number of nitrogens with zero attached hydrogens (tertiary/aromatic N) is 3. The van der Waals surface area contributed by atoms with Crippen LogP contribution < -0.4 is 9.04 Å². The van der Waals surface area contributed by atoms with E-state index in [2.05, 4.69) is 4.98 Å². The first kappa shape index (κ1) is 21.6. The number of anilines is 1. The molecule has 10 heteroatoms. The molecule has 2 aliphatic rings. The predicted molar refractivity (Wildman–Crippen MR) is 123 cm³/mol. The maximum absolute atomic E-state index is 13.6. The molecule has 170 valence electrons. The minimum Gasteiger partial charge on any atom is -0.486 e. The number of aromatic nitrogens is 1. The van der Waals surface area contributed by atoms with Gasteiger partial charge in [-0.3, -0.25) is 23.8 Å². The first-order chi connectivity index (χ1) is 15.8. The molecular formula is C23H21N3O5S2. The van der Waals surface area contributed by atoms with Crippen molar-refractivity contribution in [3.05, 3.63) is 70.4 Å². The molecule has 1 atom stereocenters. The molecule has 2 aliphatic heterocycles. The van der Waals surface area contributed by atoms with Gasteiger partial charge in [0.25, 0.3) is 21.8 Å². The van der Waals surface area contributed by atoms with E-state index in [9.17, 15) is 18.0 Å². The van der Waals surface area contributed by atoms with E-state index in [1.807, 2.05) is 19.9 Å². The van der Waals surface area contributed by atoms with E-state index in [4.69, 9.17) is 4.74 Å². The number of hydrogen-bond acceptors (Lipinski definition) is 7. The molecule has 2 amide bonds. The Labute approximate surface area is 195 Å². The van der Waals surface area contributed by atoms with Crippen LogP contribution in [0.1, 0.15) is 44.6 Å². The quantitative estimate of drug-likeness (QED) is 0.515.